The molecule has 8 heteroatoms. The SMILES string of the molecule is CCOC(=O)c1ncc(-c2cccc(NC(=O)OCc3ccccc3)c2C)c2c1Cc1cc(OCCOC)ccc1-2. The Morgan fingerprint density at radius 2 is 1.76 bits per heavy atom. The molecule has 1 aliphatic rings. The smallest absolute Gasteiger partial charge is 0.411 e. The van der Waals surface area contributed by atoms with E-state index < -0.39 is 12.1 Å². The van der Waals surface area contributed by atoms with Gasteiger partial charge in [-0.1, -0.05) is 48.5 Å². The number of carbonyl (C=O) groups excluding carboxylic acids is 2. The van der Waals surface area contributed by atoms with Crippen LogP contribution < -0.4 is 10.1 Å². The molecular formula is C33H32N2O6. The number of pyridine rings is 1. The largest absolute Gasteiger partial charge is 0.491 e. The minimum atomic E-state index is -0.540. The fourth-order valence-corrected chi connectivity index (χ4v) is 5.03. The third-order valence-corrected chi connectivity index (χ3v) is 6.99. The van der Waals surface area contributed by atoms with Crippen LogP contribution in [-0.2, 0) is 27.2 Å². The number of amides is 1. The third kappa shape index (κ3) is 6.07. The number of anilines is 1. The molecule has 0 fully saturated rings. The van der Waals surface area contributed by atoms with Crippen molar-refractivity contribution in [2.45, 2.75) is 26.9 Å². The standard InChI is InChI=1S/C33H32N2O6/c1-4-39-32(36)31-27-18-23-17-24(40-16-15-38-3)13-14-26(23)30(27)28(19-34-31)25-11-8-12-29(21(25)2)35-33(37)41-20-22-9-6-5-7-10-22/h5-14,17,19H,4,15-16,18,20H2,1-3H3,(H,35,37). The predicted octanol–water partition coefficient (Wildman–Crippen LogP) is 6.58. The molecule has 0 bridgehead atoms. The number of nitrogens with one attached hydrogen (secondary N) is 1. The number of nitrogens with zero attached hydrogens (tertiary/aromatic N) is 1. The summed E-state index contributed by atoms with van der Waals surface area (Å²) in [6.45, 7) is 5.08. The van der Waals surface area contributed by atoms with Crippen molar-refractivity contribution >= 4 is 17.7 Å². The summed E-state index contributed by atoms with van der Waals surface area (Å²) in [5.74, 6) is 0.283. The summed E-state index contributed by atoms with van der Waals surface area (Å²) in [4.78, 5) is 30.1. The van der Waals surface area contributed by atoms with Gasteiger partial charge in [-0.3, -0.25) is 5.32 Å². The minimum absolute atomic E-state index is 0.173. The lowest BCUT2D eigenvalue weighted by Crippen LogP contribution is -2.14. The van der Waals surface area contributed by atoms with Gasteiger partial charge in [0.2, 0.25) is 0 Å². The second kappa shape index (κ2) is 12.7. The van der Waals surface area contributed by atoms with Crippen LogP contribution >= 0.6 is 0 Å². The van der Waals surface area contributed by atoms with Crippen LogP contribution in [0.4, 0.5) is 10.5 Å². The summed E-state index contributed by atoms with van der Waals surface area (Å²) < 4.78 is 21.7. The van der Waals surface area contributed by atoms with E-state index in [1.165, 1.54) is 0 Å². The molecule has 0 saturated heterocycles. The minimum Gasteiger partial charge on any atom is -0.491 e. The molecule has 0 aliphatic heterocycles. The van der Waals surface area contributed by atoms with Gasteiger partial charge in [0.05, 0.1) is 13.2 Å². The van der Waals surface area contributed by atoms with E-state index in [-0.39, 0.29) is 13.2 Å². The molecule has 0 unspecified atom stereocenters. The van der Waals surface area contributed by atoms with Crippen molar-refractivity contribution in [2.24, 2.45) is 0 Å². The molecule has 4 aromatic rings. The van der Waals surface area contributed by atoms with E-state index in [2.05, 4.69) is 10.3 Å². The van der Waals surface area contributed by atoms with E-state index in [9.17, 15) is 9.59 Å². The van der Waals surface area contributed by atoms with Crippen molar-refractivity contribution in [3.63, 3.8) is 0 Å². The molecule has 3 aromatic carbocycles. The van der Waals surface area contributed by atoms with Crippen molar-refractivity contribution in [2.75, 3.05) is 32.2 Å². The lowest BCUT2D eigenvalue weighted by Gasteiger charge is -2.17. The summed E-state index contributed by atoms with van der Waals surface area (Å²) >= 11 is 0. The van der Waals surface area contributed by atoms with Crippen molar-refractivity contribution < 1.29 is 28.5 Å². The first-order valence-corrected chi connectivity index (χ1v) is 13.5. The number of ether oxygens (including phenoxy) is 4. The van der Waals surface area contributed by atoms with E-state index in [1.54, 1.807) is 20.2 Å². The van der Waals surface area contributed by atoms with Gasteiger partial charge >= 0.3 is 12.1 Å². The topological polar surface area (TPSA) is 96.0 Å². The van der Waals surface area contributed by atoms with Crippen LogP contribution in [0.25, 0.3) is 22.3 Å². The zero-order valence-corrected chi connectivity index (χ0v) is 23.4. The highest BCUT2D eigenvalue weighted by Gasteiger charge is 2.30. The van der Waals surface area contributed by atoms with Gasteiger partial charge in [-0.15, -0.1) is 0 Å². The maximum Gasteiger partial charge on any atom is 0.411 e. The molecule has 1 amide bonds. The first-order valence-electron chi connectivity index (χ1n) is 13.5. The number of esters is 1. The molecule has 210 valence electrons. The predicted molar refractivity (Wildman–Crippen MR) is 156 cm³/mol. The molecule has 0 atom stereocenters. The number of aromatic nitrogens is 1. The fraction of sp³-hybridized carbons (Fsp3) is 0.242. The Morgan fingerprint density at radius 1 is 0.927 bits per heavy atom. The number of hydrogen-bond donors (Lipinski definition) is 1. The van der Waals surface area contributed by atoms with Crippen LogP contribution in [0.3, 0.4) is 0 Å². The quantitative estimate of drug-likeness (QED) is 0.154. The zero-order valence-electron chi connectivity index (χ0n) is 23.4. The fourth-order valence-electron chi connectivity index (χ4n) is 5.03. The lowest BCUT2D eigenvalue weighted by molar-refractivity contribution is 0.0518. The monoisotopic (exact) mass is 552 g/mol. The molecule has 5 rings (SSSR count). The van der Waals surface area contributed by atoms with Gasteiger partial charge in [-0.25, -0.2) is 14.6 Å². The van der Waals surface area contributed by atoms with Crippen molar-refractivity contribution in [1.82, 2.24) is 4.98 Å². The highest BCUT2D eigenvalue weighted by molar-refractivity contribution is 5.99. The van der Waals surface area contributed by atoms with E-state index in [1.807, 2.05) is 73.7 Å². The van der Waals surface area contributed by atoms with Gasteiger partial charge in [0, 0.05) is 31.0 Å². The number of benzene rings is 3. The van der Waals surface area contributed by atoms with Crippen LogP contribution in [0.5, 0.6) is 5.75 Å². The lowest BCUT2D eigenvalue weighted by atomic mass is 9.92. The molecule has 0 radical (unpaired) electrons. The Balaban J connectivity index is 1.49. The van der Waals surface area contributed by atoms with E-state index >= 15 is 0 Å². The summed E-state index contributed by atoms with van der Waals surface area (Å²) in [6, 6.07) is 21.1. The number of carbonyl (C=O) groups is 2. The van der Waals surface area contributed by atoms with Crippen molar-refractivity contribution in [3.8, 4) is 28.0 Å². The molecule has 8 nitrogen and oxygen atoms in total. The van der Waals surface area contributed by atoms with Gasteiger partial charge in [0.15, 0.2) is 5.69 Å². The number of methoxy groups -OCH3 is 1. The van der Waals surface area contributed by atoms with Gasteiger partial charge in [0.1, 0.15) is 19.0 Å². The summed E-state index contributed by atoms with van der Waals surface area (Å²) in [5, 5.41) is 2.87. The Hall–Kier alpha value is -4.69. The van der Waals surface area contributed by atoms with Crippen molar-refractivity contribution in [1.29, 1.82) is 0 Å². The maximum absolute atomic E-state index is 12.9. The Labute approximate surface area is 239 Å². The molecular weight excluding hydrogens is 520 g/mol. The number of fused-ring (bicyclic) bond motifs is 3. The highest BCUT2D eigenvalue weighted by atomic mass is 16.5. The van der Waals surface area contributed by atoms with Gasteiger partial charge in [-0.2, -0.15) is 0 Å². The first-order chi connectivity index (χ1) is 20.0. The van der Waals surface area contributed by atoms with Crippen molar-refractivity contribution in [3.05, 3.63) is 101 Å². The van der Waals surface area contributed by atoms with Crippen LogP contribution in [0, 0.1) is 6.92 Å². The molecule has 1 heterocycles. The summed E-state index contributed by atoms with van der Waals surface area (Å²) in [5.41, 5.74) is 8.21. The Morgan fingerprint density at radius 3 is 2.54 bits per heavy atom. The Bertz CT molecular complexity index is 1570. The van der Waals surface area contributed by atoms with Crippen LogP contribution in [0.15, 0.2) is 72.9 Å². The Kier molecular flexibility index (Phi) is 8.60. The number of rotatable bonds is 10. The summed E-state index contributed by atoms with van der Waals surface area (Å²) in [7, 11) is 1.63. The first kappa shape index (κ1) is 27.9. The molecule has 41 heavy (non-hydrogen) atoms. The second-order valence-electron chi connectivity index (χ2n) is 9.60. The van der Waals surface area contributed by atoms with Crippen LogP contribution in [0.1, 0.15) is 39.7 Å². The van der Waals surface area contributed by atoms with E-state index in [0.717, 1.165) is 50.3 Å². The van der Waals surface area contributed by atoms with Gasteiger partial charge in [-0.05, 0) is 71.0 Å². The number of hydrogen-bond acceptors (Lipinski definition) is 7. The molecule has 0 saturated carbocycles. The molecule has 1 N–H and O–H groups in total. The normalized spacial score (nSPS) is 11.4. The van der Waals surface area contributed by atoms with E-state index in [4.69, 9.17) is 18.9 Å². The van der Waals surface area contributed by atoms with Gasteiger partial charge in [0.25, 0.3) is 0 Å². The maximum atomic E-state index is 12.9. The third-order valence-electron chi connectivity index (χ3n) is 6.99. The molecule has 1 aliphatic carbocycles. The van der Waals surface area contributed by atoms with Crippen LogP contribution in [-0.4, -0.2) is 44.0 Å². The average Bonchev–Trinajstić information content (AvgIpc) is 3.36. The zero-order chi connectivity index (χ0) is 28.8. The van der Waals surface area contributed by atoms with Crippen LogP contribution in [0.2, 0.25) is 0 Å². The highest BCUT2D eigenvalue weighted by Crippen LogP contribution is 2.46. The van der Waals surface area contributed by atoms with Gasteiger partial charge < -0.3 is 18.9 Å². The molecule has 0 spiro atoms. The average molecular weight is 553 g/mol. The summed E-state index contributed by atoms with van der Waals surface area (Å²) in [6.07, 6.45) is 1.69. The molecule has 1 aromatic heterocycles. The second-order valence-corrected chi connectivity index (χ2v) is 9.60. The van der Waals surface area contributed by atoms with E-state index in [0.29, 0.717) is 31.0 Å².